The molecule has 4 unspecified atom stereocenters. The van der Waals surface area contributed by atoms with Crippen LogP contribution in [0.15, 0.2) is 0 Å². The van der Waals surface area contributed by atoms with Gasteiger partial charge in [0.2, 0.25) is 0 Å². The summed E-state index contributed by atoms with van der Waals surface area (Å²) in [7, 11) is -4.14. The second-order valence-corrected chi connectivity index (χ2v) is 8.25. The molecule has 2 saturated carbocycles. The summed E-state index contributed by atoms with van der Waals surface area (Å²) >= 11 is 0. The highest BCUT2D eigenvalue weighted by Gasteiger charge is 2.39. The molecule has 0 aromatic carbocycles. The second-order valence-electron chi connectivity index (χ2n) is 6.56. The van der Waals surface area contributed by atoms with Gasteiger partial charge in [0.05, 0.1) is 6.16 Å². The van der Waals surface area contributed by atoms with Crippen LogP contribution in [0.5, 0.6) is 0 Å². The van der Waals surface area contributed by atoms with E-state index < -0.39 is 19.9 Å². The van der Waals surface area contributed by atoms with E-state index in [1.54, 1.807) is 0 Å². The molecule has 0 heterocycles. The lowest BCUT2D eigenvalue weighted by Gasteiger charge is -2.39. The van der Waals surface area contributed by atoms with Crippen LogP contribution in [-0.2, 0) is 4.57 Å². The molecule has 2 N–H and O–H groups in total. The topological polar surface area (TPSA) is 57.5 Å². The van der Waals surface area contributed by atoms with Crippen molar-refractivity contribution in [2.75, 3.05) is 6.16 Å². The molecule has 0 aromatic heterocycles. The lowest BCUT2D eigenvalue weighted by Crippen LogP contribution is -2.34. The quantitative estimate of drug-likeness (QED) is 0.776. The summed E-state index contributed by atoms with van der Waals surface area (Å²) < 4.78 is 38.6. The number of halogens is 2. The fourth-order valence-electron chi connectivity index (χ4n) is 4.07. The minimum atomic E-state index is -4.14. The van der Waals surface area contributed by atoms with Crippen LogP contribution in [0.3, 0.4) is 0 Å². The molecule has 0 radical (unpaired) electrons. The van der Waals surface area contributed by atoms with Gasteiger partial charge in [-0.25, -0.2) is 8.78 Å². The smallest absolute Gasteiger partial charge is 0.324 e. The SMILES string of the molecule is O=P(O)(O)CC(C1CCCC(F)C1)C1CCCC(F)C1. The Morgan fingerprint density at radius 1 is 0.950 bits per heavy atom. The summed E-state index contributed by atoms with van der Waals surface area (Å²) in [6.45, 7) is 0. The Morgan fingerprint density at radius 3 is 1.75 bits per heavy atom. The van der Waals surface area contributed by atoms with Gasteiger partial charge in [0.15, 0.2) is 0 Å². The van der Waals surface area contributed by atoms with E-state index in [1.165, 1.54) is 0 Å². The van der Waals surface area contributed by atoms with Crippen LogP contribution < -0.4 is 0 Å². The van der Waals surface area contributed by atoms with E-state index in [9.17, 15) is 23.1 Å². The number of hydrogen-bond acceptors (Lipinski definition) is 1. The molecular weight excluding hydrogens is 285 g/mol. The summed E-state index contributed by atoms with van der Waals surface area (Å²) in [5.41, 5.74) is 0. The summed E-state index contributed by atoms with van der Waals surface area (Å²) in [5, 5.41) is 0. The molecule has 0 aliphatic heterocycles. The summed E-state index contributed by atoms with van der Waals surface area (Å²) in [5.74, 6) is -0.226. The molecule has 0 saturated heterocycles. The van der Waals surface area contributed by atoms with Crippen molar-refractivity contribution in [3.63, 3.8) is 0 Å². The second kappa shape index (κ2) is 6.85. The van der Waals surface area contributed by atoms with E-state index in [0.717, 1.165) is 25.7 Å². The van der Waals surface area contributed by atoms with Crippen molar-refractivity contribution in [3.05, 3.63) is 0 Å². The van der Waals surface area contributed by atoms with Crippen molar-refractivity contribution in [1.82, 2.24) is 0 Å². The van der Waals surface area contributed by atoms with Gasteiger partial charge >= 0.3 is 7.60 Å². The van der Waals surface area contributed by atoms with Crippen LogP contribution in [0.2, 0.25) is 0 Å². The Kier molecular flexibility index (Phi) is 5.61. The maximum Gasteiger partial charge on any atom is 0.325 e. The van der Waals surface area contributed by atoms with E-state index in [4.69, 9.17) is 0 Å². The highest BCUT2D eigenvalue weighted by atomic mass is 31.2. The molecule has 20 heavy (non-hydrogen) atoms. The van der Waals surface area contributed by atoms with Crippen molar-refractivity contribution in [3.8, 4) is 0 Å². The lowest BCUT2D eigenvalue weighted by atomic mass is 9.70. The Hall–Kier alpha value is 0.01000. The van der Waals surface area contributed by atoms with Gasteiger partial charge in [-0.1, -0.05) is 12.8 Å². The maximum atomic E-state index is 13.6. The Bertz CT molecular complexity index is 338. The van der Waals surface area contributed by atoms with Crippen LogP contribution in [-0.4, -0.2) is 28.3 Å². The Morgan fingerprint density at radius 2 is 1.40 bits per heavy atom. The molecule has 2 rings (SSSR count). The third kappa shape index (κ3) is 4.78. The first kappa shape index (κ1) is 16.4. The van der Waals surface area contributed by atoms with Gasteiger partial charge in [-0.3, -0.25) is 4.57 Å². The van der Waals surface area contributed by atoms with E-state index in [-0.39, 0.29) is 23.9 Å². The molecule has 2 aliphatic carbocycles. The van der Waals surface area contributed by atoms with Gasteiger partial charge in [0.25, 0.3) is 0 Å². The first-order valence-corrected chi connectivity index (χ1v) is 9.47. The van der Waals surface area contributed by atoms with Crippen LogP contribution in [0, 0.1) is 17.8 Å². The average molecular weight is 310 g/mol. The molecular formula is C14H25F2O3P. The van der Waals surface area contributed by atoms with Gasteiger partial charge < -0.3 is 9.79 Å². The number of hydrogen-bond donors (Lipinski definition) is 2. The Balaban J connectivity index is 2.08. The zero-order valence-electron chi connectivity index (χ0n) is 11.8. The summed E-state index contributed by atoms with van der Waals surface area (Å²) in [6, 6.07) is 0. The van der Waals surface area contributed by atoms with Crippen molar-refractivity contribution in [2.24, 2.45) is 17.8 Å². The fraction of sp³-hybridized carbons (Fsp3) is 1.00. The molecule has 0 bridgehead atoms. The first-order chi connectivity index (χ1) is 9.35. The third-order valence-electron chi connectivity index (χ3n) is 4.96. The zero-order chi connectivity index (χ0) is 14.8. The van der Waals surface area contributed by atoms with E-state index in [2.05, 4.69) is 0 Å². The van der Waals surface area contributed by atoms with Gasteiger partial charge in [0, 0.05) is 0 Å². The first-order valence-electron chi connectivity index (χ1n) is 7.68. The molecule has 0 aromatic rings. The largest absolute Gasteiger partial charge is 0.325 e. The van der Waals surface area contributed by atoms with Crippen molar-refractivity contribution in [2.45, 2.75) is 63.7 Å². The molecule has 2 aliphatic rings. The summed E-state index contributed by atoms with van der Waals surface area (Å²) in [6.07, 6.45) is 3.13. The van der Waals surface area contributed by atoms with Gasteiger partial charge in [-0.05, 0) is 56.3 Å². The predicted molar refractivity (Wildman–Crippen MR) is 74.1 cm³/mol. The summed E-state index contributed by atoms with van der Waals surface area (Å²) in [4.78, 5) is 18.6. The molecule has 118 valence electrons. The monoisotopic (exact) mass is 310 g/mol. The maximum absolute atomic E-state index is 13.6. The minimum Gasteiger partial charge on any atom is -0.324 e. The molecule has 2 fully saturated rings. The molecule has 0 amide bonds. The minimum absolute atomic E-state index is 0.00155. The Labute approximate surface area is 119 Å². The fourth-order valence-corrected chi connectivity index (χ4v) is 5.21. The van der Waals surface area contributed by atoms with Crippen molar-refractivity contribution >= 4 is 7.60 Å². The molecule has 0 spiro atoms. The molecule has 3 nitrogen and oxygen atoms in total. The van der Waals surface area contributed by atoms with Gasteiger partial charge in [0.1, 0.15) is 12.3 Å². The van der Waals surface area contributed by atoms with Crippen molar-refractivity contribution < 1.29 is 23.1 Å². The molecule has 4 atom stereocenters. The highest BCUT2D eigenvalue weighted by molar-refractivity contribution is 7.51. The zero-order valence-corrected chi connectivity index (χ0v) is 12.7. The normalized spacial score (nSPS) is 37.6. The van der Waals surface area contributed by atoms with E-state index in [1.807, 2.05) is 0 Å². The van der Waals surface area contributed by atoms with Gasteiger partial charge in [-0.2, -0.15) is 0 Å². The van der Waals surface area contributed by atoms with Gasteiger partial charge in [-0.15, -0.1) is 0 Å². The average Bonchev–Trinajstić information content (AvgIpc) is 2.35. The van der Waals surface area contributed by atoms with Crippen LogP contribution in [0.1, 0.15) is 51.4 Å². The lowest BCUT2D eigenvalue weighted by molar-refractivity contribution is 0.0875. The highest BCUT2D eigenvalue weighted by Crippen LogP contribution is 2.48. The third-order valence-corrected chi connectivity index (χ3v) is 5.86. The standard InChI is InChI=1S/C14H25F2O3P/c15-12-5-1-3-10(7-12)14(9-20(17,18)19)11-4-2-6-13(16)8-11/h10-14H,1-9H2,(H2,17,18,19). The number of alkyl halides is 2. The van der Waals surface area contributed by atoms with E-state index in [0.29, 0.717) is 25.7 Å². The van der Waals surface area contributed by atoms with Crippen LogP contribution >= 0.6 is 7.60 Å². The molecule has 6 heteroatoms. The van der Waals surface area contributed by atoms with Crippen LogP contribution in [0.25, 0.3) is 0 Å². The predicted octanol–water partition coefficient (Wildman–Crippen LogP) is 3.84. The van der Waals surface area contributed by atoms with Crippen LogP contribution in [0.4, 0.5) is 8.78 Å². The number of rotatable bonds is 4. The van der Waals surface area contributed by atoms with Crippen molar-refractivity contribution in [1.29, 1.82) is 0 Å². The van der Waals surface area contributed by atoms with E-state index >= 15 is 0 Å².